The third kappa shape index (κ3) is 2.83. The van der Waals surface area contributed by atoms with Crippen LogP contribution in [-0.4, -0.2) is 25.4 Å². The monoisotopic (exact) mass is 357 g/mol. The minimum Gasteiger partial charge on any atom is -0.327 e. The van der Waals surface area contributed by atoms with E-state index in [0.29, 0.717) is 17.3 Å². The number of fused-ring (bicyclic) bond motifs is 2. The molecule has 0 spiro atoms. The summed E-state index contributed by atoms with van der Waals surface area (Å²) in [7, 11) is 0. The van der Waals surface area contributed by atoms with Gasteiger partial charge in [0.2, 0.25) is 0 Å². The molecule has 2 heterocycles. The molecule has 0 radical (unpaired) electrons. The standard InChI is InChI=1S/C21H19N5O/c1-12-13(2)24-18-10-15(4-7-17(18)23-12)25-21(27)14-3-8-20-19(9-14)22-11-26(20)16-5-6-16/h3-4,7-11,16H,5-6H2,1-2H3,(H,25,27). The van der Waals surface area contributed by atoms with E-state index in [-0.39, 0.29) is 5.91 Å². The Morgan fingerprint density at radius 3 is 2.56 bits per heavy atom. The molecule has 1 aliphatic rings. The second kappa shape index (κ2) is 5.87. The quantitative estimate of drug-likeness (QED) is 0.597. The maximum atomic E-state index is 12.7. The first kappa shape index (κ1) is 15.9. The van der Waals surface area contributed by atoms with Crippen LogP contribution in [0.4, 0.5) is 5.69 Å². The highest BCUT2D eigenvalue weighted by Gasteiger charge is 2.25. The normalized spacial score (nSPS) is 14.0. The molecule has 4 aromatic rings. The van der Waals surface area contributed by atoms with Gasteiger partial charge in [0.05, 0.1) is 39.8 Å². The third-order valence-corrected chi connectivity index (χ3v) is 5.11. The molecule has 6 nitrogen and oxygen atoms in total. The summed E-state index contributed by atoms with van der Waals surface area (Å²) in [5.41, 5.74) is 6.63. The zero-order valence-electron chi connectivity index (χ0n) is 15.2. The Hall–Kier alpha value is -3.28. The maximum Gasteiger partial charge on any atom is 0.255 e. The molecule has 27 heavy (non-hydrogen) atoms. The largest absolute Gasteiger partial charge is 0.327 e. The number of rotatable bonds is 3. The molecule has 6 heteroatoms. The highest BCUT2D eigenvalue weighted by molar-refractivity contribution is 6.06. The predicted molar refractivity (Wildman–Crippen MR) is 105 cm³/mol. The minimum atomic E-state index is -0.158. The lowest BCUT2D eigenvalue weighted by Gasteiger charge is -2.08. The third-order valence-electron chi connectivity index (χ3n) is 5.11. The van der Waals surface area contributed by atoms with E-state index in [4.69, 9.17) is 0 Å². The van der Waals surface area contributed by atoms with Crippen molar-refractivity contribution in [1.82, 2.24) is 19.5 Å². The van der Waals surface area contributed by atoms with Crippen molar-refractivity contribution in [2.24, 2.45) is 0 Å². The Kier molecular flexibility index (Phi) is 3.47. The van der Waals surface area contributed by atoms with Crippen molar-refractivity contribution in [3.05, 3.63) is 59.7 Å². The van der Waals surface area contributed by atoms with Crippen LogP contribution in [0, 0.1) is 13.8 Å². The van der Waals surface area contributed by atoms with Gasteiger partial charge in [0.15, 0.2) is 0 Å². The summed E-state index contributed by atoms with van der Waals surface area (Å²) in [5.74, 6) is -0.158. The molecular formula is C21H19N5O. The molecule has 1 aliphatic carbocycles. The van der Waals surface area contributed by atoms with Crippen LogP contribution in [0.1, 0.15) is 40.6 Å². The summed E-state index contributed by atoms with van der Waals surface area (Å²) < 4.78 is 2.20. The van der Waals surface area contributed by atoms with Crippen molar-refractivity contribution in [2.75, 3.05) is 5.32 Å². The molecule has 1 N–H and O–H groups in total. The molecule has 1 fully saturated rings. The fraction of sp³-hybridized carbons (Fsp3) is 0.238. The van der Waals surface area contributed by atoms with Gasteiger partial charge in [-0.15, -0.1) is 0 Å². The average molecular weight is 357 g/mol. The van der Waals surface area contributed by atoms with E-state index >= 15 is 0 Å². The first-order valence-corrected chi connectivity index (χ1v) is 9.11. The van der Waals surface area contributed by atoms with Gasteiger partial charge < -0.3 is 9.88 Å². The molecule has 0 aliphatic heterocycles. The van der Waals surface area contributed by atoms with Crippen LogP contribution in [-0.2, 0) is 0 Å². The van der Waals surface area contributed by atoms with Gasteiger partial charge in [-0.3, -0.25) is 4.79 Å². The number of hydrogen-bond donors (Lipinski definition) is 1. The van der Waals surface area contributed by atoms with E-state index in [9.17, 15) is 4.79 Å². The summed E-state index contributed by atoms with van der Waals surface area (Å²) >= 11 is 0. The van der Waals surface area contributed by atoms with E-state index in [2.05, 4.69) is 24.8 Å². The topological polar surface area (TPSA) is 72.7 Å². The number of imidazole rings is 1. The van der Waals surface area contributed by atoms with Crippen molar-refractivity contribution in [2.45, 2.75) is 32.7 Å². The van der Waals surface area contributed by atoms with Gasteiger partial charge in [-0.05, 0) is 63.1 Å². The molecule has 0 saturated heterocycles. The van der Waals surface area contributed by atoms with Crippen molar-refractivity contribution >= 4 is 33.7 Å². The van der Waals surface area contributed by atoms with Gasteiger partial charge in [0, 0.05) is 17.3 Å². The molecule has 1 amide bonds. The predicted octanol–water partition coefficient (Wildman–Crippen LogP) is 4.18. The minimum absolute atomic E-state index is 0.158. The molecule has 0 unspecified atom stereocenters. The van der Waals surface area contributed by atoms with Gasteiger partial charge >= 0.3 is 0 Å². The summed E-state index contributed by atoms with van der Waals surface area (Å²) in [6.07, 6.45) is 4.28. The van der Waals surface area contributed by atoms with Crippen LogP contribution in [0.25, 0.3) is 22.1 Å². The lowest BCUT2D eigenvalue weighted by molar-refractivity contribution is 0.102. The molecule has 5 rings (SSSR count). The molecule has 0 bridgehead atoms. The number of amides is 1. The maximum absolute atomic E-state index is 12.7. The first-order valence-electron chi connectivity index (χ1n) is 9.11. The molecule has 134 valence electrons. The number of anilines is 1. The number of nitrogens with one attached hydrogen (secondary N) is 1. The number of aromatic nitrogens is 4. The first-order chi connectivity index (χ1) is 13.1. The van der Waals surface area contributed by atoms with Crippen LogP contribution in [0.3, 0.4) is 0 Å². The fourth-order valence-electron chi connectivity index (χ4n) is 3.33. The number of benzene rings is 2. The van der Waals surface area contributed by atoms with Crippen LogP contribution < -0.4 is 5.32 Å². The Morgan fingerprint density at radius 1 is 1.00 bits per heavy atom. The number of aryl methyl sites for hydroxylation is 2. The second-order valence-corrected chi connectivity index (χ2v) is 7.14. The molecule has 2 aromatic heterocycles. The van der Waals surface area contributed by atoms with Crippen molar-refractivity contribution in [3.63, 3.8) is 0 Å². The van der Waals surface area contributed by atoms with Gasteiger partial charge in [0.1, 0.15) is 0 Å². The Bertz CT molecular complexity index is 1210. The Balaban J connectivity index is 1.43. The lowest BCUT2D eigenvalue weighted by Crippen LogP contribution is -2.12. The van der Waals surface area contributed by atoms with Crippen molar-refractivity contribution in [3.8, 4) is 0 Å². The van der Waals surface area contributed by atoms with Gasteiger partial charge in [-0.2, -0.15) is 0 Å². The Labute approximate surface area is 156 Å². The van der Waals surface area contributed by atoms with E-state index < -0.39 is 0 Å². The SMILES string of the molecule is Cc1nc2ccc(NC(=O)c3ccc4c(c3)ncn4C3CC3)cc2nc1C. The van der Waals surface area contributed by atoms with Gasteiger partial charge in [-0.1, -0.05) is 0 Å². The average Bonchev–Trinajstić information content (AvgIpc) is 3.41. The zero-order valence-corrected chi connectivity index (χ0v) is 15.2. The number of hydrogen-bond acceptors (Lipinski definition) is 4. The summed E-state index contributed by atoms with van der Waals surface area (Å²) in [4.78, 5) is 26.2. The van der Waals surface area contributed by atoms with E-state index in [1.807, 2.05) is 56.6 Å². The molecule has 0 atom stereocenters. The van der Waals surface area contributed by atoms with E-state index in [0.717, 1.165) is 33.5 Å². The number of carbonyl (C=O) groups is 1. The van der Waals surface area contributed by atoms with Gasteiger partial charge in [0.25, 0.3) is 5.91 Å². The summed E-state index contributed by atoms with van der Waals surface area (Å²) in [5, 5.41) is 2.95. The highest BCUT2D eigenvalue weighted by Crippen LogP contribution is 2.37. The van der Waals surface area contributed by atoms with Crippen LogP contribution in [0.2, 0.25) is 0 Å². The number of nitrogens with zero attached hydrogens (tertiary/aromatic N) is 4. The second-order valence-electron chi connectivity index (χ2n) is 7.14. The van der Waals surface area contributed by atoms with Gasteiger partial charge in [-0.25, -0.2) is 15.0 Å². The smallest absolute Gasteiger partial charge is 0.255 e. The van der Waals surface area contributed by atoms with Crippen LogP contribution >= 0.6 is 0 Å². The fourth-order valence-corrected chi connectivity index (χ4v) is 3.33. The summed E-state index contributed by atoms with van der Waals surface area (Å²) in [6, 6.07) is 11.8. The van der Waals surface area contributed by atoms with Crippen LogP contribution in [0.15, 0.2) is 42.7 Å². The number of carbonyl (C=O) groups excluding carboxylic acids is 1. The molecular weight excluding hydrogens is 338 g/mol. The van der Waals surface area contributed by atoms with E-state index in [1.54, 1.807) is 0 Å². The van der Waals surface area contributed by atoms with Crippen molar-refractivity contribution in [1.29, 1.82) is 0 Å². The van der Waals surface area contributed by atoms with Crippen LogP contribution in [0.5, 0.6) is 0 Å². The lowest BCUT2D eigenvalue weighted by atomic mass is 10.1. The zero-order chi connectivity index (χ0) is 18.5. The molecule has 1 saturated carbocycles. The Morgan fingerprint density at radius 2 is 1.78 bits per heavy atom. The van der Waals surface area contributed by atoms with Crippen molar-refractivity contribution < 1.29 is 4.79 Å². The highest BCUT2D eigenvalue weighted by atomic mass is 16.1. The van der Waals surface area contributed by atoms with E-state index in [1.165, 1.54) is 12.8 Å². The summed E-state index contributed by atoms with van der Waals surface area (Å²) in [6.45, 7) is 3.88. The molecule has 2 aromatic carbocycles.